The van der Waals surface area contributed by atoms with Crippen molar-refractivity contribution in [2.45, 2.75) is 25.3 Å². The number of amides is 2. The van der Waals surface area contributed by atoms with Crippen molar-refractivity contribution >= 4 is 11.8 Å². The van der Waals surface area contributed by atoms with Gasteiger partial charge in [-0.1, -0.05) is 72.8 Å². The van der Waals surface area contributed by atoms with Crippen LogP contribution in [0.3, 0.4) is 0 Å². The summed E-state index contributed by atoms with van der Waals surface area (Å²) in [6.45, 7) is 2.03. The van der Waals surface area contributed by atoms with Gasteiger partial charge in [0.1, 0.15) is 11.9 Å². The molecule has 0 fully saturated rings. The minimum atomic E-state index is -0.774. The van der Waals surface area contributed by atoms with E-state index in [0.29, 0.717) is 13.0 Å². The summed E-state index contributed by atoms with van der Waals surface area (Å²) >= 11 is 0. The maximum absolute atomic E-state index is 13.7. The SMILES string of the molecule is CC(NC(=O)c1ccccc1F)C(=O)NCCC(c1ccccc1)c1ccccc1. The van der Waals surface area contributed by atoms with Gasteiger partial charge >= 0.3 is 0 Å². The molecule has 0 saturated heterocycles. The highest BCUT2D eigenvalue weighted by atomic mass is 19.1. The second-order valence-electron chi connectivity index (χ2n) is 7.13. The van der Waals surface area contributed by atoms with Crippen molar-refractivity contribution in [1.82, 2.24) is 10.6 Å². The summed E-state index contributed by atoms with van der Waals surface area (Å²) in [7, 11) is 0. The molecule has 3 rings (SSSR count). The van der Waals surface area contributed by atoms with E-state index in [-0.39, 0.29) is 17.4 Å². The van der Waals surface area contributed by atoms with Gasteiger partial charge in [-0.2, -0.15) is 0 Å². The molecule has 0 aliphatic carbocycles. The monoisotopic (exact) mass is 404 g/mol. The lowest BCUT2D eigenvalue weighted by Crippen LogP contribution is -2.45. The first kappa shape index (κ1) is 21.2. The van der Waals surface area contributed by atoms with E-state index in [1.807, 2.05) is 36.4 Å². The zero-order chi connectivity index (χ0) is 21.3. The fourth-order valence-electron chi connectivity index (χ4n) is 3.37. The van der Waals surface area contributed by atoms with Gasteiger partial charge in [0, 0.05) is 12.5 Å². The normalized spacial score (nSPS) is 11.7. The van der Waals surface area contributed by atoms with Crippen LogP contribution in [-0.4, -0.2) is 24.4 Å². The van der Waals surface area contributed by atoms with Gasteiger partial charge in [-0.05, 0) is 36.6 Å². The van der Waals surface area contributed by atoms with Crippen LogP contribution in [0.5, 0.6) is 0 Å². The van der Waals surface area contributed by atoms with E-state index in [0.717, 1.165) is 0 Å². The molecule has 0 heterocycles. The zero-order valence-corrected chi connectivity index (χ0v) is 16.8. The van der Waals surface area contributed by atoms with Gasteiger partial charge in [0.15, 0.2) is 0 Å². The Balaban J connectivity index is 1.57. The van der Waals surface area contributed by atoms with E-state index < -0.39 is 17.8 Å². The second kappa shape index (κ2) is 10.3. The van der Waals surface area contributed by atoms with Crippen LogP contribution in [0.15, 0.2) is 84.9 Å². The molecule has 30 heavy (non-hydrogen) atoms. The molecule has 1 unspecified atom stereocenters. The molecule has 0 bridgehead atoms. The molecule has 0 aliphatic rings. The first-order valence-corrected chi connectivity index (χ1v) is 9.99. The number of nitrogens with one attached hydrogen (secondary N) is 2. The van der Waals surface area contributed by atoms with Crippen molar-refractivity contribution in [3.63, 3.8) is 0 Å². The Morgan fingerprint density at radius 3 is 1.93 bits per heavy atom. The fraction of sp³-hybridized carbons (Fsp3) is 0.200. The summed E-state index contributed by atoms with van der Waals surface area (Å²) in [4.78, 5) is 24.6. The van der Waals surface area contributed by atoms with Crippen LogP contribution in [0.4, 0.5) is 4.39 Å². The van der Waals surface area contributed by atoms with Gasteiger partial charge < -0.3 is 10.6 Å². The average molecular weight is 404 g/mol. The molecule has 3 aromatic carbocycles. The van der Waals surface area contributed by atoms with E-state index >= 15 is 0 Å². The quantitative estimate of drug-likeness (QED) is 0.589. The molecule has 154 valence electrons. The highest BCUT2D eigenvalue weighted by molar-refractivity contribution is 5.97. The number of hydrogen-bond donors (Lipinski definition) is 2. The standard InChI is InChI=1S/C25H25FN2O2/c1-18(28-25(30)22-14-8-9-15-23(22)26)24(29)27-17-16-21(19-10-4-2-5-11-19)20-12-6-3-7-13-20/h2-15,18,21H,16-17H2,1H3,(H,27,29)(H,28,30). The Hall–Kier alpha value is -3.47. The predicted molar refractivity (Wildman–Crippen MR) is 116 cm³/mol. The van der Waals surface area contributed by atoms with E-state index in [9.17, 15) is 14.0 Å². The van der Waals surface area contributed by atoms with Crippen molar-refractivity contribution in [3.05, 3.63) is 107 Å². The van der Waals surface area contributed by atoms with Gasteiger partial charge in [0.25, 0.3) is 5.91 Å². The minimum Gasteiger partial charge on any atom is -0.354 e. The summed E-state index contributed by atoms with van der Waals surface area (Å²) < 4.78 is 13.7. The van der Waals surface area contributed by atoms with E-state index in [4.69, 9.17) is 0 Å². The number of halogens is 1. The van der Waals surface area contributed by atoms with Crippen LogP contribution in [0, 0.1) is 5.82 Å². The molecule has 0 aromatic heterocycles. The Bertz CT molecular complexity index is 937. The van der Waals surface area contributed by atoms with Crippen molar-refractivity contribution in [3.8, 4) is 0 Å². The molecule has 0 spiro atoms. The Morgan fingerprint density at radius 2 is 1.37 bits per heavy atom. The van der Waals surface area contributed by atoms with Gasteiger partial charge in [-0.3, -0.25) is 9.59 Å². The molecular formula is C25H25FN2O2. The lowest BCUT2D eigenvalue weighted by molar-refractivity contribution is -0.122. The third-order valence-corrected chi connectivity index (χ3v) is 5.00. The molecule has 0 aliphatic heterocycles. The van der Waals surface area contributed by atoms with Crippen molar-refractivity contribution in [2.24, 2.45) is 0 Å². The maximum Gasteiger partial charge on any atom is 0.254 e. The van der Waals surface area contributed by atoms with Gasteiger partial charge in [-0.25, -0.2) is 4.39 Å². The second-order valence-corrected chi connectivity index (χ2v) is 7.13. The van der Waals surface area contributed by atoms with E-state index in [1.54, 1.807) is 13.0 Å². The van der Waals surface area contributed by atoms with Crippen LogP contribution in [-0.2, 0) is 4.79 Å². The summed E-state index contributed by atoms with van der Waals surface area (Å²) in [5.74, 6) is -1.38. The van der Waals surface area contributed by atoms with Crippen LogP contribution in [0.2, 0.25) is 0 Å². The van der Waals surface area contributed by atoms with Crippen LogP contribution >= 0.6 is 0 Å². The molecule has 0 radical (unpaired) electrons. The van der Waals surface area contributed by atoms with E-state index in [2.05, 4.69) is 34.9 Å². The molecular weight excluding hydrogens is 379 g/mol. The van der Waals surface area contributed by atoms with E-state index in [1.165, 1.54) is 29.3 Å². The number of benzene rings is 3. The van der Waals surface area contributed by atoms with Gasteiger partial charge in [0.2, 0.25) is 5.91 Å². The summed E-state index contributed by atoms with van der Waals surface area (Å²) in [6, 6.07) is 25.2. The van der Waals surface area contributed by atoms with Crippen molar-refractivity contribution < 1.29 is 14.0 Å². The lowest BCUT2D eigenvalue weighted by atomic mass is 9.88. The Morgan fingerprint density at radius 1 is 0.833 bits per heavy atom. The summed E-state index contributed by atoms with van der Waals surface area (Å²) in [5, 5.41) is 5.42. The molecule has 4 nitrogen and oxygen atoms in total. The summed E-state index contributed by atoms with van der Waals surface area (Å²) in [5.41, 5.74) is 2.28. The Kier molecular flexibility index (Phi) is 7.33. The van der Waals surface area contributed by atoms with Gasteiger partial charge in [0.05, 0.1) is 5.56 Å². The Labute approximate surface area is 176 Å². The third-order valence-electron chi connectivity index (χ3n) is 5.00. The predicted octanol–water partition coefficient (Wildman–Crippen LogP) is 4.28. The highest BCUT2D eigenvalue weighted by Gasteiger charge is 2.19. The number of carbonyl (C=O) groups is 2. The topological polar surface area (TPSA) is 58.2 Å². The largest absolute Gasteiger partial charge is 0.354 e. The minimum absolute atomic E-state index is 0.0784. The molecule has 2 N–H and O–H groups in total. The maximum atomic E-state index is 13.7. The molecule has 3 aromatic rings. The molecule has 1 atom stereocenters. The summed E-state index contributed by atoms with van der Waals surface area (Å²) in [6.07, 6.45) is 0.716. The molecule has 5 heteroatoms. The zero-order valence-electron chi connectivity index (χ0n) is 16.8. The van der Waals surface area contributed by atoms with Crippen molar-refractivity contribution in [2.75, 3.05) is 6.54 Å². The van der Waals surface area contributed by atoms with Crippen LogP contribution < -0.4 is 10.6 Å². The highest BCUT2D eigenvalue weighted by Crippen LogP contribution is 2.27. The first-order chi connectivity index (χ1) is 14.6. The van der Waals surface area contributed by atoms with Gasteiger partial charge in [-0.15, -0.1) is 0 Å². The third kappa shape index (κ3) is 5.54. The van der Waals surface area contributed by atoms with Crippen LogP contribution in [0.1, 0.15) is 40.7 Å². The lowest BCUT2D eigenvalue weighted by Gasteiger charge is -2.19. The average Bonchev–Trinajstić information content (AvgIpc) is 2.78. The smallest absolute Gasteiger partial charge is 0.254 e. The van der Waals surface area contributed by atoms with Crippen molar-refractivity contribution in [1.29, 1.82) is 0 Å². The fourth-order valence-corrected chi connectivity index (χ4v) is 3.37. The van der Waals surface area contributed by atoms with Crippen LogP contribution in [0.25, 0.3) is 0 Å². The number of carbonyl (C=O) groups excluding carboxylic acids is 2. The first-order valence-electron chi connectivity index (χ1n) is 9.99. The molecule has 0 saturated carbocycles. The molecule has 2 amide bonds. The number of rotatable bonds is 8. The number of hydrogen-bond acceptors (Lipinski definition) is 2.